The Labute approximate surface area is 106 Å². The van der Waals surface area contributed by atoms with Crippen molar-refractivity contribution < 1.29 is 5.21 Å². The quantitative estimate of drug-likeness (QED) is 0.506. The molecule has 3 nitrogen and oxygen atoms in total. The smallest absolute Gasteiger partial charge is 0.0966 e. The average Bonchev–Trinajstić information content (AvgIpc) is 2.34. The van der Waals surface area contributed by atoms with Crippen LogP contribution in [-0.4, -0.2) is 21.7 Å². The Bertz CT molecular complexity index is 400. The van der Waals surface area contributed by atoms with Crippen LogP contribution in [0.4, 0.5) is 0 Å². The molecule has 1 aromatic rings. The molecule has 2 rings (SSSR count). The third-order valence-corrected chi connectivity index (χ3v) is 4.41. The lowest BCUT2D eigenvalue weighted by molar-refractivity contribution is 0.322. The largest absolute Gasteiger partial charge is 0.411 e. The minimum absolute atomic E-state index is 0.730. The summed E-state index contributed by atoms with van der Waals surface area (Å²) < 4.78 is 0. The van der Waals surface area contributed by atoms with E-state index in [1.54, 1.807) is 0 Å². The molecule has 0 atom stereocenters. The Morgan fingerprint density at radius 2 is 2.12 bits per heavy atom. The maximum atomic E-state index is 8.51. The molecule has 1 fully saturated rings. The second-order valence-corrected chi connectivity index (χ2v) is 5.77. The summed E-state index contributed by atoms with van der Waals surface area (Å²) >= 11 is 1.89. The number of pyridine rings is 1. The normalized spacial score (nSPS) is 17.7. The molecular formula is C13H18N2OS. The molecule has 1 N–H and O–H groups in total. The maximum absolute atomic E-state index is 8.51. The van der Waals surface area contributed by atoms with Crippen LogP contribution in [0.2, 0.25) is 0 Å². The van der Waals surface area contributed by atoms with Crippen molar-refractivity contribution in [3.05, 3.63) is 23.4 Å². The second-order valence-electron chi connectivity index (χ2n) is 4.45. The van der Waals surface area contributed by atoms with E-state index >= 15 is 0 Å². The summed E-state index contributed by atoms with van der Waals surface area (Å²) in [4.78, 5) is 4.55. The van der Waals surface area contributed by atoms with Gasteiger partial charge in [-0.3, -0.25) is 0 Å². The molecule has 0 bridgehead atoms. The standard InChI is InChI=1S/C13H18N2OS/c1-10-11(9-14-16)7-8-13(15-10)17-12-5-3-2-4-6-12/h7-9,12,16H,2-6H2,1H3/b14-9-. The van der Waals surface area contributed by atoms with Crippen LogP contribution in [0.3, 0.4) is 0 Å². The van der Waals surface area contributed by atoms with Gasteiger partial charge in [0, 0.05) is 16.5 Å². The van der Waals surface area contributed by atoms with Crippen molar-refractivity contribution in [2.75, 3.05) is 0 Å². The Morgan fingerprint density at radius 3 is 2.76 bits per heavy atom. The first-order valence-electron chi connectivity index (χ1n) is 6.11. The minimum atomic E-state index is 0.730. The van der Waals surface area contributed by atoms with Crippen LogP contribution in [0, 0.1) is 6.92 Å². The van der Waals surface area contributed by atoms with E-state index in [1.807, 2.05) is 30.8 Å². The zero-order chi connectivity index (χ0) is 12.1. The molecule has 1 aromatic heterocycles. The topological polar surface area (TPSA) is 45.5 Å². The Morgan fingerprint density at radius 1 is 1.35 bits per heavy atom. The fourth-order valence-corrected chi connectivity index (χ4v) is 3.41. The van der Waals surface area contributed by atoms with Crippen LogP contribution < -0.4 is 0 Å². The van der Waals surface area contributed by atoms with E-state index in [0.29, 0.717) is 0 Å². The van der Waals surface area contributed by atoms with Crippen LogP contribution in [0.5, 0.6) is 0 Å². The molecule has 0 spiro atoms. The Balaban J connectivity index is 2.03. The summed E-state index contributed by atoms with van der Waals surface area (Å²) in [6.07, 6.45) is 8.14. The first-order chi connectivity index (χ1) is 8.29. The van der Waals surface area contributed by atoms with Gasteiger partial charge in [-0.15, -0.1) is 11.8 Å². The fourth-order valence-electron chi connectivity index (χ4n) is 2.17. The molecule has 4 heteroatoms. The van der Waals surface area contributed by atoms with Gasteiger partial charge >= 0.3 is 0 Å². The van der Waals surface area contributed by atoms with Crippen molar-refractivity contribution >= 4 is 18.0 Å². The van der Waals surface area contributed by atoms with Crippen molar-refractivity contribution in [1.82, 2.24) is 4.98 Å². The molecule has 0 saturated heterocycles. The summed E-state index contributed by atoms with van der Waals surface area (Å²) in [7, 11) is 0. The second kappa shape index (κ2) is 6.05. The molecule has 0 radical (unpaired) electrons. The Hall–Kier alpha value is -1.03. The van der Waals surface area contributed by atoms with Crippen LogP contribution in [0.25, 0.3) is 0 Å². The van der Waals surface area contributed by atoms with Crippen LogP contribution in [-0.2, 0) is 0 Å². The first-order valence-corrected chi connectivity index (χ1v) is 6.99. The number of hydrogen-bond donors (Lipinski definition) is 1. The molecule has 0 aliphatic heterocycles. The van der Waals surface area contributed by atoms with Gasteiger partial charge in [-0.1, -0.05) is 24.4 Å². The highest BCUT2D eigenvalue weighted by molar-refractivity contribution is 7.99. The van der Waals surface area contributed by atoms with Gasteiger partial charge in [0.05, 0.1) is 11.2 Å². The number of aryl methyl sites for hydroxylation is 1. The maximum Gasteiger partial charge on any atom is 0.0966 e. The number of oxime groups is 1. The fraction of sp³-hybridized carbons (Fsp3) is 0.538. The number of aromatic nitrogens is 1. The van der Waals surface area contributed by atoms with Crippen molar-refractivity contribution in [3.8, 4) is 0 Å². The van der Waals surface area contributed by atoms with E-state index in [1.165, 1.54) is 38.3 Å². The summed E-state index contributed by atoms with van der Waals surface area (Å²) in [6, 6.07) is 3.98. The van der Waals surface area contributed by atoms with Crippen molar-refractivity contribution in [3.63, 3.8) is 0 Å². The van der Waals surface area contributed by atoms with Crippen molar-refractivity contribution in [2.24, 2.45) is 5.16 Å². The lowest BCUT2D eigenvalue weighted by atomic mass is 10.0. The lowest BCUT2D eigenvalue weighted by Gasteiger charge is -2.20. The zero-order valence-electron chi connectivity index (χ0n) is 10.1. The molecule has 92 valence electrons. The van der Waals surface area contributed by atoms with Gasteiger partial charge in [-0.2, -0.15) is 0 Å². The van der Waals surface area contributed by atoms with Crippen LogP contribution in [0.15, 0.2) is 22.3 Å². The monoisotopic (exact) mass is 250 g/mol. The van der Waals surface area contributed by atoms with E-state index in [2.05, 4.69) is 10.1 Å². The highest BCUT2D eigenvalue weighted by atomic mass is 32.2. The van der Waals surface area contributed by atoms with E-state index in [0.717, 1.165) is 21.5 Å². The van der Waals surface area contributed by atoms with E-state index in [-0.39, 0.29) is 0 Å². The van der Waals surface area contributed by atoms with Crippen LogP contribution >= 0.6 is 11.8 Å². The van der Waals surface area contributed by atoms with Gasteiger partial charge in [0.15, 0.2) is 0 Å². The molecule has 17 heavy (non-hydrogen) atoms. The number of nitrogens with zero attached hydrogens (tertiary/aromatic N) is 2. The average molecular weight is 250 g/mol. The van der Waals surface area contributed by atoms with Gasteiger partial charge < -0.3 is 5.21 Å². The Kier molecular flexibility index (Phi) is 4.42. The third-order valence-electron chi connectivity index (χ3n) is 3.14. The minimum Gasteiger partial charge on any atom is -0.411 e. The summed E-state index contributed by atoms with van der Waals surface area (Å²) in [5.41, 5.74) is 1.80. The molecular weight excluding hydrogens is 232 g/mol. The van der Waals surface area contributed by atoms with Gasteiger partial charge in [-0.25, -0.2) is 4.98 Å². The predicted molar refractivity (Wildman–Crippen MR) is 71.1 cm³/mol. The predicted octanol–water partition coefficient (Wildman–Crippen LogP) is 3.62. The number of hydrogen-bond acceptors (Lipinski definition) is 4. The highest BCUT2D eigenvalue weighted by Crippen LogP contribution is 2.32. The van der Waals surface area contributed by atoms with Gasteiger partial charge in [0.1, 0.15) is 0 Å². The van der Waals surface area contributed by atoms with Crippen molar-refractivity contribution in [1.29, 1.82) is 0 Å². The van der Waals surface area contributed by atoms with Crippen LogP contribution in [0.1, 0.15) is 43.4 Å². The molecule has 0 aromatic carbocycles. The molecule has 1 saturated carbocycles. The molecule has 1 aliphatic carbocycles. The first kappa shape index (κ1) is 12.4. The van der Waals surface area contributed by atoms with E-state index < -0.39 is 0 Å². The van der Waals surface area contributed by atoms with E-state index in [9.17, 15) is 0 Å². The van der Waals surface area contributed by atoms with Gasteiger partial charge in [-0.05, 0) is 31.9 Å². The van der Waals surface area contributed by atoms with Gasteiger partial charge in [0.25, 0.3) is 0 Å². The summed E-state index contributed by atoms with van der Waals surface area (Å²) in [6.45, 7) is 1.95. The lowest BCUT2D eigenvalue weighted by Crippen LogP contribution is -2.08. The summed E-state index contributed by atoms with van der Waals surface area (Å²) in [5.74, 6) is 0. The highest BCUT2D eigenvalue weighted by Gasteiger charge is 2.15. The zero-order valence-corrected chi connectivity index (χ0v) is 10.9. The summed E-state index contributed by atoms with van der Waals surface area (Å²) in [5, 5.41) is 13.4. The van der Waals surface area contributed by atoms with Gasteiger partial charge in [0.2, 0.25) is 0 Å². The third kappa shape index (κ3) is 3.46. The molecule has 0 amide bonds. The van der Waals surface area contributed by atoms with E-state index in [4.69, 9.17) is 5.21 Å². The molecule has 1 aliphatic rings. The number of thioether (sulfide) groups is 1. The SMILES string of the molecule is Cc1nc(SC2CCCCC2)ccc1/C=N\O. The number of rotatable bonds is 3. The molecule has 1 heterocycles. The van der Waals surface area contributed by atoms with Crippen molar-refractivity contribution in [2.45, 2.75) is 49.3 Å². The molecule has 0 unspecified atom stereocenters.